The zero-order valence-electron chi connectivity index (χ0n) is 11.6. The second kappa shape index (κ2) is 4.91. The van der Waals surface area contributed by atoms with Gasteiger partial charge in [0.25, 0.3) is 0 Å². The van der Waals surface area contributed by atoms with E-state index in [-0.39, 0.29) is 0 Å². The van der Waals surface area contributed by atoms with Gasteiger partial charge in [0.2, 0.25) is 0 Å². The van der Waals surface area contributed by atoms with E-state index in [2.05, 4.69) is 30.2 Å². The van der Waals surface area contributed by atoms with Crippen LogP contribution in [0.15, 0.2) is 12.3 Å². The van der Waals surface area contributed by atoms with Gasteiger partial charge in [0.05, 0.1) is 11.4 Å². The van der Waals surface area contributed by atoms with Crippen LogP contribution in [0.2, 0.25) is 0 Å². The highest BCUT2D eigenvalue weighted by molar-refractivity contribution is 5.54. The van der Waals surface area contributed by atoms with Crippen molar-refractivity contribution in [1.29, 1.82) is 0 Å². The minimum atomic E-state index is 0.672. The van der Waals surface area contributed by atoms with E-state index >= 15 is 0 Å². The Morgan fingerprint density at radius 3 is 2.67 bits per heavy atom. The molecule has 2 nitrogen and oxygen atoms in total. The van der Waals surface area contributed by atoms with Crippen molar-refractivity contribution in [3.63, 3.8) is 0 Å². The molecular formula is C16H24N2. The van der Waals surface area contributed by atoms with Crippen molar-refractivity contribution >= 4 is 5.69 Å². The Kier molecular flexibility index (Phi) is 3.27. The molecule has 0 amide bonds. The lowest BCUT2D eigenvalue weighted by atomic mass is 9.82. The van der Waals surface area contributed by atoms with E-state index < -0.39 is 0 Å². The predicted octanol–water partition coefficient (Wildman–Crippen LogP) is 4.08. The topological polar surface area (TPSA) is 24.9 Å². The Balaban J connectivity index is 1.68. The molecule has 98 valence electrons. The van der Waals surface area contributed by atoms with Crippen LogP contribution >= 0.6 is 0 Å². The molecule has 1 aromatic rings. The Hall–Kier alpha value is -1.05. The molecule has 2 aliphatic rings. The molecule has 1 heterocycles. The third-order valence-corrected chi connectivity index (χ3v) is 4.70. The van der Waals surface area contributed by atoms with E-state index in [9.17, 15) is 0 Å². The fraction of sp³-hybridized carbons (Fsp3) is 0.688. The molecule has 1 N–H and O–H groups in total. The lowest BCUT2D eigenvalue weighted by molar-refractivity contribution is 0.303. The van der Waals surface area contributed by atoms with Crippen LogP contribution in [-0.4, -0.2) is 11.0 Å². The summed E-state index contributed by atoms with van der Waals surface area (Å²) in [4.78, 5) is 4.41. The van der Waals surface area contributed by atoms with Gasteiger partial charge in [-0.25, -0.2) is 0 Å². The average Bonchev–Trinajstić information content (AvgIpc) is 3.19. The summed E-state index contributed by atoms with van der Waals surface area (Å²) in [6.07, 6.45) is 10.5. The summed E-state index contributed by atoms with van der Waals surface area (Å²) in [5.41, 5.74) is 3.75. The van der Waals surface area contributed by atoms with E-state index in [1.807, 2.05) is 6.20 Å². The molecule has 2 fully saturated rings. The third-order valence-electron chi connectivity index (χ3n) is 4.70. The van der Waals surface area contributed by atoms with E-state index in [4.69, 9.17) is 0 Å². The molecule has 2 heteroatoms. The van der Waals surface area contributed by atoms with Crippen molar-refractivity contribution in [3.05, 3.63) is 23.5 Å². The number of nitrogens with one attached hydrogen (secondary N) is 1. The van der Waals surface area contributed by atoms with Crippen LogP contribution < -0.4 is 5.32 Å². The van der Waals surface area contributed by atoms with Gasteiger partial charge in [0, 0.05) is 12.2 Å². The molecule has 0 saturated heterocycles. The second-order valence-corrected chi connectivity index (χ2v) is 6.19. The van der Waals surface area contributed by atoms with Crippen LogP contribution in [0, 0.1) is 25.7 Å². The quantitative estimate of drug-likeness (QED) is 0.866. The molecule has 0 aromatic carbocycles. The zero-order valence-corrected chi connectivity index (χ0v) is 11.6. The number of hydrogen-bond acceptors (Lipinski definition) is 2. The molecule has 2 unspecified atom stereocenters. The maximum absolute atomic E-state index is 4.41. The van der Waals surface area contributed by atoms with Gasteiger partial charge in [0.1, 0.15) is 0 Å². The van der Waals surface area contributed by atoms with Crippen molar-refractivity contribution in [1.82, 2.24) is 4.98 Å². The predicted molar refractivity (Wildman–Crippen MR) is 75.8 cm³/mol. The average molecular weight is 244 g/mol. The summed E-state index contributed by atoms with van der Waals surface area (Å²) in [7, 11) is 0. The zero-order chi connectivity index (χ0) is 12.5. The largest absolute Gasteiger partial charge is 0.381 e. The van der Waals surface area contributed by atoms with Crippen LogP contribution in [0.3, 0.4) is 0 Å². The van der Waals surface area contributed by atoms with Gasteiger partial charge >= 0.3 is 0 Å². The summed E-state index contributed by atoms with van der Waals surface area (Å²) in [5, 5.41) is 3.77. The molecular weight excluding hydrogens is 220 g/mol. The number of anilines is 1. The lowest BCUT2D eigenvalue weighted by Crippen LogP contribution is -2.28. The van der Waals surface area contributed by atoms with Gasteiger partial charge in [-0.2, -0.15) is 0 Å². The van der Waals surface area contributed by atoms with Gasteiger partial charge in [-0.3, -0.25) is 4.98 Å². The van der Waals surface area contributed by atoms with Gasteiger partial charge in [-0.1, -0.05) is 12.8 Å². The van der Waals surface area contributed by atoms with Gasteiger partial charge < -0.3 is 5.32 Å². The first-order valence-electron chi connectivity index (χ1n) is 7.43. The van der Waals surface area contributed by atoms with Crippen LogP contribution in [0.4, 0.5) is 5.69 Å². The first-order valence-corrected chi connectivity index (χ1v) is 7.43. The van der Waals surface area contributed by atoms with Crippen molar-refractivity contribution in [2.45, 2.75) is 58.4 Å². The Morgan fingerprint density at radius 2 is 1.94 bits per heavy atom. The monoisotopic (exact) mass is 244 g/mol. The molecule has 0 aliphatic heterocycles. The lowest BCUT2D eigenvalue weighted by Gasteiger charge is -2.31. The maximum Gasteiger partial charge on any atom is 0.0606 e. The molecule has 0 spiro atoms. The second-order valence-electron chi connectivity index (χ2n) is 6.19. The Bertz CT molecular complexity index is 403. The van der Waals surface area contributed by atoms with Crippen LogP contribution in [-0.2, 0) is 0 Å². The number of pyridine rings is 1. The third kappa shape index (κ3) is 2.52. The van der Waals surface area contributed by atoms with Gasteiger partial charge in [0.15, 0.2) is 0 Å². The van der Waals surface area contributed by atoms with Gasteiger partial charge in [-0.15, -0.1) is 0 Å². The van der Waals surface area contributed by atoms with E-state index in [0.717, 1.165) is 17.5 Å². The summed E-state index contributed by atoms with van der Waals surface area (Å²) in [6, 6.07) is 2.78. The molecule has 2 aliphatic carbocycles. The fourth-order valence-corrected chi connectivity index (χ4v) is 3.47. The molecule has 0 bridgehead atoms. The van der Waals surface area contributed by atoms with Crippen LogP contribution in [0.25, 0.3) is 0 Å². The summed E-state index contributed by atoms with van der Waals surface area (Å²) in [6.45, 7) is 4.29. The van der Waals surface area contributed by atoms with Crippen LogP contribution in [0.1, 0.15) is 49.8 Å². The maximum atomic E-state index is 4.41. The summed E-state index contributed by atoms with van der Waals surface area (Å²) < 4.78 is 0. The standard InChI is InChI=1S/C16H24N2/c1-11-8-9-17-12(2)16(11)18-15-5-3-4-14(10-15)13-6-7-13/h8-9,13-15,18H,3-7,10H2,1-2H3. The minimum absolute atomic E-state index is 0.672. The van der Waals surface area contributed by atoms with Crippen molar-refractivity contribution in [2.75, 3.05) is 5.32 Å². The van der Waals surface area contributed by atoms with E-state index in [1.165, 1.54) is 49.8 Å². The molecule has 3 rings (SSSR count). The first kappa shape index (κ1) is 12.0. The van der Waals surface area contributed by atoms with E-state index in [1.54, 1.807) is 0 Å². The molecule has 2 atom stereocenters. The van der Waals surface area contributed by atoms with E-state index in [0.29, 0.717) is 6.04 Å². The van der Waals surface area contributed by atoms with Gasteiger partial charge in [-0.05, 0) is 63.0 Å². The molecule has 18 heavy (non-hydrogen) atoms. The normalized spacial score (nSPS) is 28.1. The first-order chi connectivity index (χ1) is 8.74. The Morgan fingerprint density at radius 1 is 1.11 bits per heavy atom. The SMILES string of the molecule is Cc1ccnc(C)c1NC1CCCC(C2CC2)C1. The number of nitrogens with zero attached hydrogens (tertiary/aromatic N) is 1. The number of aryl methyl sites for hydroxylation is 2. The highest BCUT2D eigenvalue weighted by Gasteiger charge is 2.34. The summed E-state index contributed by atoms with van der Waals surface area (Å²) in [5.74, 6) is 2.05. The number of aromatic nitrogens is 1. The minimum Gasteiger partial charge on any atom is -0.381 e. The van der Waals surface area contributed by atoms with Crippen molar-refractivity contribution in [3.8, 4) is 0 Å². The number of hydrogen-bond donors (Lipinski definition) is 1. The molecule has 2 saturated carbocycles. The highest BCUT2D eigenvalue weighted by Crippen LogP contribution is 2.44. The summed E-state index contributed by atoms with van der Waals surface area (Å²) >= 11 is 0. The van der Waals surface area contributed by atoms with Crippen molar-refractivity contribution < 1.29 is 0 Å². The highest BCUT2D eigenvalue weighted by atomic mass is 14.9. The van der Waals surface area contributed by atoms with Crippen LogP contribution in [0.5, 0.6) is 0 Å². The fourth-order valence-electron chi connectivity index (χ4n) is 3.47. The molecule has 1 aromatic heterocycles. The Labute approximate surface area is 110 Å². The number of rotatable bonds is 3. The smallest absolute Gasteiger partial charge is 0.0606 e. The molecule has 0 radical (unpaired) electrons. The van der Waals surface area contributed by atoms with Crippen molar-refractivity contribution in [2.24, 2.45) is 11.8 Å².